The number of piperazine rings is 1. The van der Waals surface area contributed by atoms with E-state index in [1.54, 1.807) is 6.92 Å². The van der Waals surface area contributed by atoms with Crippen molar-refractivity contribution in [3.8, 4) is 0 Å². The first-order valence-electron chi connectivity index (χ1n) is 9.78. The first kappa shape index (κ1) is 23.0. The Labute approximate surface area is 185 Å². The summed E-state index contributed by atoms with van der Waals surface area (Å²) in [4.78, 5) is 32.7. The van der Waals surface area contributed by atoms with Gasteiger partial charge in [-0.25, -0.2) is 18.2 Å². The van der Waals surface area contributed by atoms with Crippen molar-refractivity contribution in [3.05, 3.63) is 41.2 Å². The first-order valence-corrected chi connectivity index (χ1v) is 11.6. The molecule has 2 aromatic rings. The number of imidazole rings is 1. The van der Waals surface area contributed by atoms with Crippen molar-refractivity contribution in [2.24, 2.45) is 0 Å². The third-order valence-electron chi connectivity index (χ3n) is 4.92. The molecule has 1 aromatic heterocycles. The topological polar surface area (TPSA) is 125 Å². The summed E-state index contributed by atoms with van der Waals surface area (Å²) in [5.41, 5.74) is 0.00917. The molecule has 10 nitrogen and oxygen atoms in total. The van der Waals surface area contributed by atoms with Gasteiger partial charge in [0.25, 0.3) is 5.91 Å². The van der Waals surface area contributed by atoms with Gasteiger partial charge >= 0.3 is 6.09 Å². The lowest BCUT2D eigenvalue weighted by atomic mass is 10.2. The van der Waals surface area contributed by atoms with Crippen LogP contribution in [0.25, 0.3) is 0 Å². The predicted octanol–water partition coefficient (Wildman–Crippen LogP) is 2.56. The molecule has 12 heteroatoms. The van der Waals surface area contributed by atoms with Crippen molar-refractivity contribution < 1.29 is 22.7 Å². The summed E-state index contributed by atoms with van der Waals surface area (Å²) in [5.74, 6) is -0.371. The van der Waals surface area contributed by atoms with E-state index in [-0.39, 0.29) is 53.7 Å². The van der Waals surface area contributed by atoms with Gasteiger partial charge in [0.2, 0.25) is 16.0 Å². The highest BCUT2D eigenvalue weighted by atomic mass is 35.5. The van der Waals surface area contributed by atoms with Gasteiger partial charge in [0.15, 0.2) is 0 Å². The highest BCUT2D eigenvalue weighted by Crippen LogP contribution is 2.24. The average molecular weight is 470 g/mol. The third-order valence-corrected chi connectivity index (χ3v) is 7.15. The van der Waals surface area contributed by atoms with Crippen LogP contribution in [0.3, 0.4) is 0 Å². The largest absolute Gasteiger partial charge is 0.446 e. The van der Waals surface area contributed by atoms with Crippen LogP contribution in [0.2, 0.25) is 5.02 Å². The molecule has 1 aliphatic rings. The smallest absolute Gasteiger partial charge is 0.410 e. The molecule has 1 aromatic carbocycles. The minimum Gasteiger partial charge on any atom is -0.446 e. The molecular formula is C19H24ClN5O5S. The molecule has 2 heterocycles. The summed E-state index contributed by atoms with van der Waals surface area (Å²) in [6, 6.07) is 3.95. The summed E-state index contributed by atoms with van der Waals surface area (Å²) >= 11 is 6.12. The second kappa shape index (κ2) is 9.67. The molecular weight excluding hydrogens is 446 g/mol. The van der Waals surface area contributed by atoms with E-state index in [0.29, 0.717) is 6.42 Å². The van der Waals surface area contributed by atoms with Crippen LogP contribution in [0, 0.1) is 0 Å². The van der Waals surface area contributed by atoms with E-state index >= 15 is 0 Å². The predicted molar refractivity (Wildman–Crippen MR) is 115 cm³/mol. The fourth-order valence-corrected chi connectivity index (χ4v) is 4.59. The van der Waals surface area contributed by atoms with Gasteiger partial charge in [-0.05, 0) is 31.5 Å². The molecule has 0 bridgehead atoms. The Balaban J connectivity index is 1.71. The molecule has 0 unspecified atom stereocenters. The van der Waals surface area contributed by atoms with Crippen LogP contribution in [-0.2, 0) is 14.8 Å². The number of nitrogens with zero attached hydrogens (tertiary/aromatic N) is 3. The third kappa shape index (κ3) is 5.35. The second-order valence-electron chi connectivity index (χ2n) is 7.03. The minimum absolute atomic E-state index is 0.00917. The number of hydrogen-bond donors (Lipinski definition) is 2. The molecule has 0 saturated carbocycles. The highest BCUT2D eigenvalue weighted by Gasteiger charge is 2.31. The van der Waals surface area contributed by atoms with Crippen molar-refractivity contribution in [1.29, 1.82) is 0 Å². The standard InChI is InChI=1S/C19H24ClN5O5S/c1-3-13(2)30-19(27)24-8-10-25(11-9-24)31(28,29)14-4-5-16(20)15(12-14)17(26)23-18-21-6-7-22-18/h4-7,12-13H,3,8-11H2,1-2H3,(H2,21,22,23,26)/t13-/m1/s1. The summed E-state index contributed by atoms with van der Waals surface area (Å²) in [5, 5.41) is 2.63. The Bertz CT molecular complexity index is 1040. The lowest BCUT2D eigenvalue weighted by Gasteiger charge is -2.34. The van der Waals surface area contributed by atoms with E-state index in [0.717, 1.165) is 0 Å². The molecule has 1 fully saturated rings. The number of ether oxygens (including phenoxy) is 1. The summed E-state index contributed by atoms with van der Waals surface area (Å²) < 4.78 is 32.7. The van der Waals surface area contributed by atoms with Crippen LogP contribution in [0.4, 0.5) is 10.7 Å². The van der Waals surface area contributed by atoms with Gasteiger partial charge in [0, 0.05) is 38.6 Å². The number of rotatable bonds is 6. The van der Waals surface area contributed by atoms with Gasteiger partial charge in [-0.1, -0.05) is 18.5 Å². The van der Waals surface area contributed by atoms with Crippen LogP contribution >= 0.6 is 11.6 Å². The summed E-state index contributed by atoms with van der Waals surface area (Å²) in [6.45, 7) is 4.39. The van der Waals surface area contributed by atoms with E-state index in [4.69, 9.17) is 16.3 Å². The quantitative estimate of drug-likeness (QED) is 0.669. The Morgan fingerprint density at radius 3 is 2.61 bits per heavy atom. The van der Waals surface area contributed by atoms with E-state index in [1.165, 1.54) is 39.8 Å². The summed E-state index contributed by atoms with van der Waals surface area (Å²) in [7, 11) is -3.88. The molecule has 1 saturated heterocycles. The molecule has 0 aliphatic carbocycles. The van der Waals surface area contributed by atoms with Crippen LogP contribution in [-0.4, -0.2) is 71.9 Å². The lowest BCUT2D eigenvalue weighted by Crippen LogP contribution is -2.51. The lowest BCUT2D eigenvalue weighted by molar-refractivity contribution is 0.0592. The molecule has 2 N–H and O–H groups in total. The van der Waals surface area contributed by atoms with Gasteiger partial charge in [-0.2, -0.15) is 4.31 Å². The second-order valence-corrected chi connectivity index (χ2v) is 9.37. The monoisotopic (exact) mass is 469 g/mol. The van der Waals surface area contributed by atoms with Crippen molar-refractivity contribution in [3.63, 3.8) is 0 Å². The normalized spacial score (nSPS) is 16.0. The van der Waals surface area contributed by atoms with Crippen molar-refractivity contribution in [2.45, 2.75) is 31.3 Å². The van der Waals surface area contributed by atoms with Crippen LogP contribution in [0.15, 0.2) is 35.5 Å². The zero-order valence-electron chi connectivity index (χ0n) is 17.2. The average Bonchev–Trinajstić information content (AvgIpc) is 3.26. The molecule has 168 valence electrons. The Morgan fingerprint density at radius 1 is 1.29 bits per heavy atom. The molecule has 0 spiro atoms. The van der Waals surface area contributed by atoms with Gasteiger partial charge in [-0.3, -0.25) is 10.1 Å². The Morgan fingerprint density at radius 2 is 2.00 bits per heavy atom. The summed E-state index contributed by atoms with van der Waals surface area (Å²) in [6.07, 6.45) is 3.06. The van der Waals surface area contributed by atoms with Crippen molar-refractivity contribution in [2.75, 3.05) is 31.5 Å². The number of anilines is 1. The highest BCUT2D eigenvalue weighted by molar-refractivity contribution is 7.89. The van der Waals surface area contributed by atoms with E-state index < -0.39 is 22.0 Å². The number of benzene rings is 1. The number of carbonyl (C=O) groups excluding carboxylic acids is 2. The molecule has 3 rings (SSSR count). The van der Waals surface area contributed by atoms with Crippen LogP contribution < -0.4 is 5.32 Å². The first-order chi connectivity index (χ1) is 14.7. The van der Waals surface area contributed by atoms with E-state index in [2.05, 4.69) is 15.3 Å². The number of hydrogen-bond acceptors (Lipinski definition) is 6. The number of H-pyrrole nitrogens is 1. The number of aromatic nitrogens is 2. The SMILES string of the molecule is CC[C@@H](C)OC(=O)N1CCN(S(=O)(=O)c2ccc(Cl)c(C(=O)Nc3ncc[nH]3)c2)CC1. The number of halogens is 1. The van der Waals surface area contributed by atoms with Gasteiger partial charge < -0.3 is 14.6 Å². The van der Waals surface area contributed by atoms with Gasteiger partial charge in [0.1, 0.15) is 6.10 Å². The number of nitrogens with one attached hydrogen (secondary N) is 2. The van der Waals surface area contributed by atoms with E-state index in [1.807, 2.05) is 6.92 Å². The maximum Gasteiger partial charge on any atom is 0.410 e. The van der Waals surface area contributed by atoms with Crippen LogP contribution in [0.1, 0.15) is 30.6 Å². The maximum absolute atomic E-state index is 13.1. The fourth-order valence-electron chi connectivity index (χ4n) is 2.94. The van der Waals surface area contributed by atoms with Gasteiger partial charge in [0.05, 0.1) is 15.5 Å². The van der Waals surface area contributed by atoms with Crippen LogP contribution in [0.5, 0.6) is 0 Å². The minimum atomic E-state index is -3.88. The Hall–Kier alpha value is -2.63. The zero-order chi connectivity index (χ0) is 22.6. The molecule has 1 atom stereocenters. The number of sulfonamides is 1. The van der Waals surface area contributed by atoms with Crippen molar-refractivity contribution >= 4 is 39.6 Å². The molecule has 2 amide bonds. The number of amides is 2. The van der Waals surface area contributed by atoms with Crippen molar-refractivity contribution in [1.82, 2.24) is 19.2 Å². The maximum atomic E-state index is 13.1. The number of aromatic amines is 1. The van der Waals surface area contributed by atoms with E-state index in [9.17, 15) is 18.0 Å². The molecule has 0 radical (unpaired) electrons. The fraction of sp³-hybridized carbons (Fsp3) is 0.421. The Kier molecular flexibility index (Phi) is 7.19. The van der Waals surface area contributed by atoms with Gasteiger partial charge in [-0.15, -0.1) is 0 Å². The zero-order valence-corrected chi connectivity index (χ0v) is 18.7. The molecule has 31 heavy (non-hydrogen) atoms. The number of carbonyl (C=O) groups is 2. The molecule has 1 aliphatic heterocycles.